The summed E-state index contributed by atoms with van der Waals surface area (Å²) in [5, 5.41) is 2.74. The summed E-state index contributed by atoms with van der Waals surface area (Å²) in [5.74, 6) is -0.0867. The van der Waals surface area contributed by atoms with Crippen LogP contribution in [-0.2, 0) is 4.79 Å². The number of halogens is 1. The maximum atomic E-state index is 10.7. The van der Waals surface area contributed by atoms with Gasteiger partial charge in [-0.1, -0.05) is 6.58 Å². The summed E-state index contributed by atoms with van der Waals surface area (Å²) in [4.78, 5) is 10.7. The maximum absolute atomic E-state index is 10.7. The van der Waals surface area contributed by atoms with Crippen molar-refractivity contribution < 1.29 is 21.7 Å². The molecule has 0 fully saturated rings. The van der Waals surface area contributed by atoms with Gasteiger partial charge >= 0.3 is 0 Å². The third-order valence-electron chi connectivity index (χ3n) is 1.49. The zero-order chi connectivity index (χ0) is 9.61. The van der Waals surface area contributed by atoms with Gasteiger partial charge in [0.15, 0.2) is 0 Å². The molecule has 0 saturated carbocycles. The minimum atomic E-state index is -0.0867. The quantitative estimate of drug-likeness (QED) is 0.298. The molecule has 0 unspecified atom stereocenters. The third-order valence-corrected chi connectivity index (χ3v) is 1.49. The summed E-state index contributed by atoms with van der Waals surface area (Å²) in [7, 11) is 6.40. The fourth-order valence-corrected chi connectivity index (χ4v) is 0.837. The first-order valence-corrected chi connectivity index (χ1v) is 4.16. The molecule has 0 rings (SSSR count). The molecular weight excluding hydrogens is 188 g/mol. The van der Waals surface area contributed by atoms with Crippen LogP contribution in [0.2, 0.25) is 0 Å². The Morgan fingerprint density at radius 1 is 1.46 bits per heavy atom. The van der Waals surface area contributed by atoms with E-state index in [1.165, 1.54) is 6.08 Å². The Balaban J connectivity index is 0. The molecule has 0 aromatic carbocycles. The van der Waals surface area contributed by atoms with Gasteiger partial charge in [-0.25, -0.2) is 0 Å². The highest BCUT2D eigenvalue weighted by Gasteiger charge is 2.05. The van der Waals surface area contributed by atoms with Crippen LogP contribution in [0.5, 0.6) is 0 Å². The van der Waals surface area contributed by atoms with E-state index in [1.807, 2.05) is 0 Å². The minimum absolute atomic E-state index is 0. The SMILES string of the molecule is C=CC(=O)NCCC[N+](C)(C)C.[Cl-]. The molecule has 0 atom stereocenters. The number of quaternary nitrogens is 1. The smallest absolute Gasteiger partial charge is 0.243 e. The van der Waals surface area contributed by atoms with Gasteiger partial charge in [0, 0.05) is 13.0 Å². The molecule has 3 nitrogen and oxygen atoms in total. The van der Waals surface area contributed by atoms with Crippen LogP contribution >= 0.6 is 0 Å². The second kappa shape index (κ2) is 6.92. The lowest BCUT2D eigenvalue weighted by molar-refractivity contribution is -0.870. The lowest BCUT2D eigenvalue weighted by atomic mass is 10.3. The van der Waals surface area contributed by atoms with E-state index < -0.39 is 0 Å². The molecule has 0 aliphatic rings. The average molecular weight is 207 g/mol. The molecule has 0 heterocycles. The summed E-state index contributed by atoms with van der Waals surface area (Å²) >= 11 is 0. The highest BCUT2D eigenvalue weighted by Crippen LogP contribution is 1.91. The molecule has 4 heteroatoms. The molecular formula is C9H19ClN2O. The van der Waals surface area contributed by atoms with Crippen LogP contribution in [0.15, 0.2) is 12.7 Å². The molecule has 0 spiro atoms. The number of carbonyl (C=O) groups is 1. The maximum Gasteiger partial charge on any atom is 0.243 e. The minimum Gasteiger partial charge on any atom is -1.00 e. The van der Waals surface area contributed by atoms with Gasteiger partial charge in [0.2, 0.25) is 5.91 Å². The predicted octanol–water partition coefficient (Wildman–Crippen LogP) is -2.61. The summed E-state index contributed by atoms with van der Waals surface area (Å²) in [6.45, 7) is 5.18. The second-order valence-corrected chi connectivity index (χ2v) is 3.86. The summed E-state index contributed by atoms with van der Waals surface area (Å²) < 4.78 is 0.934. The normalized spacial score (nSPS) is 10.1. The van der Waals surface area contributed by atoms with Crippen LogP contribution in [0.4, 0.5) is 0 Å². The summed E-state index contributed by atoms with van der Waals surface area (Å²) in [6, 6.07) is 0. The largest absolute Gasteiger partial charge is 1.00 e. The number of nitrogens with one attached hydrogen (secondary N) is 1. The van der Waals surface area contributed by atoms with E-state index in [-0.39, 0.29) is 18.3 Å². The average Bonchev–Trinajstić information content (AvgIpc) is 1.96. The van der Waals surface area contributed by atoms with Crippen molar-refractivity contribution in [2.45, 2.75) is 6.42 Å². The van der Waals surface area contributed by atoms with E-state index in [4.69, 9.17) is 0 Å². The van der Waals surface area contributed by atoms with E-state index >= 15 is 0 Å². The number of hydrogen-bond donors (Lipinski definition) is 1. The zero-order valence-corrected chi connectivity index (χ0v) is 9.40. The number of nitrogens with zero attached hydrogens (tertiary/aromatic N) is 1. The Hall–Kier alpha value is -0.540. The van der Waals surface area contributed by atoms with Gasteiger partial charge in [0.1, 0.15) is 0 Å². The first-order valence-electron chi connectivity index (χ1n) is 4.16. The van der Waals surface area contributed by atoms with E-state index in [9.17, 15) is 4.79 Å². The van der Waals surface area contributed by atoms with Gasteiger partial charge < -0.3 is 22.2 Å². The molecule has 0 aliphatic heterocycles. The van der Waals surface area contributed by atoms with Crippen molar-refractivity contribution in [3.8, 4) is 0 Å². The second-order valence-electron chi connectivity index (χ2n) is 3.86. The zero-order valence-electron chi connectivity index (χ0n) is 8.64. The van der Waals surface area contributed by atoms with E-state index in [0.717, 1.165) is 24.0 Å². The van der Waals surface area contributed by atoms with Crippen LogP contribution in [0.25, 0.3) is 0 Å². The highest BCUT2D eigenvalue weighted by atomic mass is 35.5. The van der Waals surface area contributed by atoms with Crippen molar-refractivity contribution in [3.63, 3.8) is 0 Å². The van der Waals surface area contributed by atoms with E-state index in [1.54, 1.807) is 0 Å². The van der Waals surface area contributed by atoms with Crippen LogP contribution in [0.1, 0.15) is 6.42 Å². The Morgan fingerprint density at radius 2 is 2.00 bits per heavy atom. The highest BCUT2D eigenvalue weighted by molar-refractivity contribution is 5.86. The predicted molar refractivity (Wildman–Crippen MR) is 50.7 cm³/mol. The van der Waals surface area contributed by atoms with Gasteiger partial charge in [-0.05, 0) is 6.08 Å². The van der Waals surface area contributed by atoms with Gasteiger partial charge in [-0.2, -0.15) is 0 Å². The molecule has 78 valence electrons. The number of hydrogen-bond acceptors (Lipinski definition) is 1. The lowest BCUT2D eigenvalue weighted by Crippen LogP contribution is -3.00. The molecule has 1 N–H and O–H groups in total. The molecule has 13 heavy (non-hydrogen) atoms. The summed E-state index contributed by atoms with van der Waals surface area (Å²) in [6.07, 6.45) is 2.30. The molecule has 0 aromatic heterocycles. The Morgan fingerprint density at radius 3 is 2.38 bits per heavy atom. The van der Waals surface area contributed by atoms with Crippen molar-refractivity contribution >= 4 is 5.91 Å². The van der Waals surface area contributed by atoms with Crippen molar-refractivity contribution in [1.82, 2.24) is 5.32 Å². The molecule has 0 bridgehead atoms. The van der Waals surface area contributed by atoms with Gasteiger partial charge in [0.05, 0.1) is 27.7 Å². The molecule has 0 aliphatic carbocycles. The van der Waals surface area contributed by atoms with E-state index in [2.05, 4.69) is 33.0 Å². The first kappa shape index (κ1) is 15.0. The number of carbonyl (C=O) groups excluding carboxylic acids is 1. The van der Waals surface area contributed by atoms with Crippen molar-refractivity contribution in [2.24, 2.45) is 0 Å². The number of amides is 1. The molecule has 0 radical (unpaired) electrons. The van der Waals surface area contributed by atoms with Crippen LogP contribution in [-0.4, -0.2) is 44.6 Å². The first-order chi connectivity index (χ1) is 5.45. The third kappa shape index (κ3) is 11.5. The van der Waals surface area contributed by atoms with Crippen LogP contribution < -0.4 is 17.7 Å². The van der Waals surface area contributed by atoms with Gasteiger partial charge in [-0.15, -0.1) is 0 Å². The van der Waals surface area contributed by atoms with E-state index in [0.29, 0.717) is 0 Å². The van der Waals surface area contributed by atoms with Gasteiger partial charge in [-0.3, -0.25) is 4.79 Å². The fraction of sp³-hybridized carbons (Fsp3) is 0.667. The Bertz CT molecular complexity index is 163. The number of rotatable bonds is 5. The van der Waals surface area contributed by atoms with Crippen LogP contribution in [0.3, 0.4) is 0 Å². The fourth-order valence-electron chi connectivity index (χ4n) is 0.837. The molecule has 0 aromatic rings. The summed E-state index contributed by atoms with van der Waals surface area (Å²) in [5.41, 5.74) is 0. The Kier molecular flexibility index (Phi) is 7.96. The van der Waals surface area contributed by atoms with Gasteiger partial charge in [0.25, 0.3) is 0 Å². The topological polar surface area (TPSA) is 29.1 Å². The van der Waals surface area contributed by atoms with Crippen molar-refractivity contribution in [1.29, 1.82) is 0 Å². The monoisotopic (exact) mass is 206 g/mol. The standard InChI is InChI=1S/C9H18N2O.ClH/c1-5-9(12)10-7-6-8-11(2,3)4;/h5H,1,6-8H2,2-4H3;1H. The van der Waals surface area contributed by atoms with Crippen molar-refractivity contribution in [3.05, 3.63) is 12.7 Å². The molecule has 1 amide bonds. The Labute approximate surface area is 86.8 Å². The van der Waals surface area contributed by atoms with Crippen molar-refractivity contribution in [2.75, 3.05) is 34.2 Å². The molecule has 0 saturated heterocycles. The lowest BCUT2D eigenvalue weighted by Gasteiger charge is -2.23. The van der Waals surface area contributed by atoms with Crippen LogP contribution in [0, 0.1) is 0 Å².